The number of hydrogen-bond donors (Lipinski definition) is 3. The van der Waals surface area contributed by atoms with Crippen molar-refractivity contribution >= 4 is 17.6 Å². The van der Waals surface area contributed by atoms with E-state index in [0.29, 0.717) is 24.9 Å². The number of rotatable bonds is 4. The highest BCUT2D eigenvalue weighted by Crippen LogP contribution is 2.54. The van der Waals surface area contributed by atoms with E-state index >= 15 is 0 Å². The average molecular weight is 479 g/mol. The molecule has 36 heavy (non-hydrogen) atoms. The van der Waals surface area contributed by atoms with Crippen LogP contribution in [0.5, 0.6) is 5.75 Å². The van der Waals surface area contributed by atoms with Crippen molar-refractivity contribution in [1.82, 2.24) is 15.2 Å². The van der Waals surface area contributed by atoms with Gasteiger partial charge in [-0.25, -0.2) is 0 Å². The maximum Gasteiger partial charge on any atom is 0.254 e. The van der Waals surface area contributed by atoms with Gasteiger partial charge in [-0.1, -0.05) is 42.0 Å². The summed E-state index contributed by atoms with van der Waals surface area (Å²) in [6.45, 7) is 0.435. The minimum Gasteiger partial charge on any atom is -0.508 e. The van der Waals surface area contributed by atoms with Crippen molar-refractivity contribution in [2.45, 2.75) is 18.9 Å². The molecule has 2 aliphatic heterocycles. The van der Waals surface area contributed by atoms with Crippen molar-refractivity contribution in [1.29, 1.82) is 5.41 Å². The fraction of sp³-hybridized carbons (Fsp3) is 0.241. The molecule has 6 rings (SSSR count). The highest BCUT2D eigenvalue weighted by atomic mass is 16.3. The van der Waals surface area contributed by atoms with E-state index in [9.17, 15) is 14.7 Å². The van der Waals surface area contributed by atoms with Crippen LogP contribution in [-0.4, -0.2) is 39.2 Å². The van der Waals surface area contributed by atoms with Crippen molar-refractivity contribution in [3.63, 3.8) is 0 Å². The maximum atomic E-state index is 13.9. The number of carbonyl (C=O) groups is 2. The van der Waals surface area contributed by atoms with E-state index in [1.807, 2.05) is 53.6 Å². The van der Waals surface area contributed by atoms with Crippen LogP contribution in [0.4, 0.5) is 0 Å². The smallest absolute Gasteiger partial charge is 0.254 e. The Bertz CT molecular complexity index is 1370. The third-order valence-electron chi connectivity index (χ3n) is 7.74. The summed E-state index contributed by atoms with van der Waals surface area (Å²) in [5.41, 5.74) is 4.83. The molecule has 1 aromatic heterocycles. The van der Waals surface area contributed by atoms with Gasteiger partial charge in [0.2, 0.25) is 5.91 Å². The Morgan fingerprint density at radius 3 is 2.56 bits per heavy atom. The number of pyridine rings is 1. The van der Waals surface area contributed by atoms with E-state index in [1.54, 1.807) is 18.3 Å². The number of benzene rings is 2. The van der Waals surface area contributed by atoms with Crippen molar-refractivity contribution < 1.29 is 14.7 Å². The van der Waals surface area contributed by atoms with Crippen molar-refractivity contribution in [2.24, 2.45) is 17.8 Å². The molecule has 3 aliphatic rings. The number of phenolic OH excluding ortho intramolecular Hbond substituents is 1. The number of carbonyl (C=O) groups excluding carboxylic acids is 2. The largest absolute Gasteiger partial charge is 0.508 e. The van der Waals surface area contributed by atoms with Gasteiger partial charge in [-0.15, -0.1) is 0 Å². The van der Waals surface area contributed by atoms with Gasteiger partial charge in [-0.3, -0.25) is 20.0 Å². The summed E-state index contributed by atoms with van der Waals surface area (Å²) in [5.74, 6) is -0.691. The number of nitrogens with one attached hydrogen (secondary N) is 2. The fourth-order valence-corrected chi connectivity index (χ4v) is 6.19. The summed E-state index contributed by atoms with van der Waals surface area (Å²) in [4.78, 5) is 32.9. The monoisotopic (exact) mass is 478 g/mol. The minimum absolute atomic E-state index is 0.106. The zero-order chi connectivity index (χ0) is 24.8. The van der Waals surface area contributed by atoms with Gasteiger partial charge < -0.3 is 15.3 Å². The Labute approximate surface area is 209 Å². The first kappa shape index (κ1) is 22.2. The Hall–Kier alpha value is -4.26. The fourth-order valence-electron chi connectivity index (χ4n) is 6.19. The lowest BCUT2D eigenvalue weighted by atomic mass is 9.67. The molecule has 4 unspecified atom stereocenters. The summed E-state index contributed by atoms with van der Waals surface area (Å²) in [7, 11) is 0. The van der Waals surface area contributed by atoms with Crippen LogP contribution in [0.3, 0.4) is 0 Å². The number of aromatic hydroxyl groups is 1. The number of hydrogen-bond acceptors (Lipinski definition) is 5. The van der Waals surface area contributed by atoms with Crippen LogP contribution in [-0.2, 0) is 11.2 Å². The first-order valence-electron chi connectivity index (χ1n) is 12.1. The number of amides is 2. The van der Waals surface area contributed by atoms with Crippen LogP contribution in [0.15, 0.2) is 90.3 Å². The van der Waals surface area contributed by atoms with Crippen molar-refractivity contribution in [3.8, 4) is 5.75 Å². The van der Waals surface area contributed by atoms with E-state index in [4.69, 9.17) is 5.41 Å². The van der Waals surface area contributed by atoms with Crippen LogP contribution >= 0.6 is 0 Å². The molecule has 2 amide bonds. The van der Waals surface area contributed by atoms with Crippen LogP contribution in [0.2, 0.25) is 0 Å². The number of amidine groups is 1. The minimum atomic E-state index is -0.326. The molecule has 3 heterocycles. The molecule has 0 saturated carbocycles. The Kier molecular flexibility index (Phi) is 5.40. The summed E-state index contributed by atoms with van der Waals surface area (Å²) in [6, 6.07) is 19.8. The molecule has 7 heteroatoms. The first-order chi connectivity index (χ1) is 17.5. The molecule has 2 saturated heterocycles. The number of aromatic nitrogens is 1. The predicted molar refractivity (Wildman–Crippen MR) is 134 cm³/mol. The van der Waals surface area contributed by atoms with Gasteiger partial charge in [0.15, 0.2) is 0 Å². The lowest BCUT2D eigenvalue weighted by molar-refractivity contribution is -0.123. The molecule has 3 aromatic rings. The topological polar surface area (TPSA) is 106 Å². The lowest BCUT2D eigenvalue weighted by Crippen LogP contribution is -2.37. The zero-order valence-electron chi connectivity index (χ0n) is 19.6. The second kappa shape index (κ2) is 8.75. The summed E-state index contributed by atoms with van der Waals surface area (Å²) >= 11 is 0. The molecule has 2 fully saturated rings. The first-order valence-corrected chi connectivity index (χ1v) is 12.1. The Balaban J connectivity index is 1.50. The van der Waals surface area contributed by atoms with Crippen LogP contribution in [0, 0.1) is 23.2 Å². The van der Waals surface area contributed by atoms with Gasteiger partial charge in [0.25, 0.3) is 5.91 Å². The van der Waals surface area contributed by atoms with Crippen LogP contribution < -0.4 is 5.32 Å². The van der Waals surface area contributed by atoms with Gasteiger partial charge in [0, 0.05) is 36.3 Å². The molecular formula is C29H26N4O3. The lowest BCUT2D eigenvalue weighted by Gasteiger charge is -2.36. The molecule has 1 aliphatic carbocycles. The third kappa shape index (κ3) is 3.68. The second-order valence-corrected chi connectivity index (χ2v) is 9.77. The Morgan fingerprint density at radius 2 is 1.83 bits per heavy atom. The van der Waals surface area contributed by atoms with Gasteiger partial charge in [-0.2, -0.15) is 0 Å². The highest BCUT2D eigenvalue weighted by Gasteiger charge is 2.56. The molecule has 7 nitrogen and oxygen atoms in total. The highest BCUT2D eigenvalue weighted by molar-refractivity contribution is 6.07. The van der Waals surface area contributed by atoms with Gasteiger partial charge in [0.05, 0.1) is 12.0 Å². The summed E-state index contributed by atoms with van der Waals surface area (Å²) in [5, 5.41) is 21.2. The van der Waals surface area contributed by atoms with Gasteiger partial charge in [-0.05, 0) is 59.9 Å². The van der Waals surface area contributed by atoms with E-state index in [0.717, 1.165) is 22.3 Å². The average Bonchev–Trinajstić information content (AvgIpc) is 3.42. The number of nitrogens with zero attached hydrogens (tertiary/aromatic N) is 2. The van der Waals surface area contributed by atoms with E-state index in [1.165, 1.54) is 12.1 Å². The number of likely N-dealkylation sites (tertiary alicyclic amines) is 1. The molecule has 4 atom stereocenters. The number of phenols is 1. The molecule has 3 N–H and O–H groups in total. The van der Waals surface area contributed by atoms with Crippen molar-refractivity contribution in [3.05, 3.63) is 107 Å². The predicted octanol–water partition coefficient (Wildman–Crippen LogP) is 3.88. The standard InChI is InChI=1S/C29H26N4O3/c30-27-25-22(28(35)32-27)14-20(13-17-5-4-12-31-15-17)23-16-33(29(36)19-8-10-21(34)11-9-19)26(24(23)25)18-6-2-1-3-7-18/h1-12,15,22,24-26,34H,13-14,16H2,(H2,30,32,35). The molecule has 0 radical (unpaired) electrons. The van der Waals surface area contributed by atoms with E-state index in [-0.39, 0.29) is 47.2 Å². The van der Waals surface area contributed by atoms with Gasteiger partial charge in [0.1, 0.15) is 11.6 Å². The molecule has 0 spiro atoms. The maximum absolute atomic E-state index is 13.9. The third-order valence-corrected chi connectivity index (χ3v) is 7.74. The normalized spacial score (nSPS) is 24.9. The SMILES string of the molecule is N=C1NC(=O)C2CC(Cc3cccnc3)=C3CN(C(=O)c4ccc(O)cc4)C(c4ccccc4)C3C12. The quantitative estimate of drug-likeness (QED) is 0.495. The number of allylic oxidation sites excluding steroid dienone is 1. The second-order valence-electron chi connectivity index (χ2n) is 9.77. The van der Waals surface area contributed by atoms with Crippen molar-refractivity contribution in [2.75, 3.05) is 6.54 Å². The van der Waals surface area contributed by atoms with Gasteiger partial charge >= 0.3 is 0 Å². The molecular weight excluding hydrogens is 452 g/mol. The molecule has 180 valence electrons. The van der Waals surface area contributed by atoms with Crippen LogP contribution in [0.25, 0.3) is 0 Å². The van der Waals surface area contributed by atoms with E-state index < -0.39 is 0 Å². The number of fused-ring (bicyclic) bond motifs is 3. The summed E-state index contributed by atoms with van der Waals surface area (Å²) < 4.78 is 0. The van der Waals surface area contributed by atoms with E-state index in [2.05, 4.69) is 10.3 Å². The molecule has 0 bridgehead atoms. The Morgan fingerprint density at radius 1 is 1.06 bits per heavy atom. The zero-order valence-corrected chi connectivity index (χ0v) is 19.6. The summed E-state index contributed by atoms with van der Waals surface area (Å²) in [6.07, 6.45) is 4.81. The van der Waals surface area contributed by atoms with Crippen LogP contribution in [0.1, 0.15) is 33.9 Å². The molecule has 2 aromatic carbocycles.